The Balaban J connectivity index is 1.79. The number of alkyl halides is 3. The van der Waals surface area contributed by atoms with Gasteiger partial charge in [0.05, 0.1) is 27.1 Å². The molecule has 3 rings (SSSR count). The standard InChI is InChI=1S/C21H20ClF3N4O5S/c1-11(30)27-15(9-26-20(33)16-4-5-17(22)35-16)19(32)28-14-3-2-12(8-13(14)21(23,24)25)29-6-7-34-10-18(29)31/h2-5,8,15H,6-7,9-10H2,1H3,(H,26,33)(H,27,30)(H,28,32)/t15-/m1/s1. The predicted molar refractivity (Wildman–Crippen MR) is 123 cm³/mol. The fourth-order valence-corrected chi connectivity index (χ4v) is 4.19. The number of carbonyl (C=O) groups excluding carboxylic acids is 4. The van der Waals surface area contributed by atoms with Crippen LogP contribution in [0.5, 0.6) is 0 Å². The summed E-state index contributed by atoms with van der Waals surface area (Å²) in [6.45, 7) is 0.745. The summed E-state index contributed by atoms with van der Waals surface area (Å²) in [5.41, 5.74) is -1.75. The third-order valence-electron chi connectivity index (χ3n) is 4.82. The molecule has 1 saturated heterocycles. The van der Waals surface area contributed by atoms with Crippen molar-refractivity contribution in [3.63, 3.8) is 0 Å². The van der Waals surface area contributed by atoms with Crippen LogP contribution >= 0.6 is 22.9 Å². The van der Waals surface area contributed by atoms with Crippen molar-refractivity contribution in [1.29, 1.82) is 0 Å². The number of hydrogen-bond acceptors (Lipinski definition) is 6. The van der Waals surface area contributed by atoms with Gasteiger partial charge in [-0.05, 0) is 30.3 Å². The molecule has 0 bridgehead atoms. The monoisotopic (exact) mass is 532 g/mol. The topological polar surface area (TPSA) is 117 Å². The largest absolute Gasteiger partial charge is 0.418 e. The van der Waals surface area contributed by atoms with E-state index in [1.807, 2.05) is 0 Å². The summed E-state index contributed by atoms with van der Waals surface area (Å²) in [5, 5.41) is 6.91. The van der Waals surface area contributed by atoms with Gasteiger partial charge in [-0.2, -0.15) is 13.2 Å². The lowest BCUT2D eigenvalue weighted by Gasteiger charge is -2.28. The summed E-state index contributed by atoms with van der Waals surface area (Å²) in [5.74, 6) is -2.67. The van der Waals surface area contributed by atoms with Crippen LogP contribution in [0.4, 0.5) is 24.5 Å². The number of hydrogen-bond donors (Lipinski definition) is 3. The van der Waals surface area contributed by atoms with E-state index in [1.54, 1.807) is 0 Å². The number of rotatable bonds is 7. The highest BCUT2D eigenvalue weighted by atomic mass is 35.5. The Morgan fingerprint density at radius 3 is 2.57 bits per heavy atom. The number of nitrogens with one attached hydrogen (secondary N) is 3. The average Bonchev–Trinajstić information content (AvgIpc) is 3.22. The maximum Gasteiger partial charge on any atom is 0.418 e. The zero-order chi connectivity index (χ0) is 25.8. The first-order valence-electron chi connectivity index (χ1n) is 10.2. The molecule has 2 aromatic rings. The van der Waals surface area contributed by atoms with Gasteiger partial charge >= 0.3 is 6.18 Å². The third kappa shape index (κ3) is 6.93. The second kappa shape index (κ2) is 11.1. The van der Waals surface area contributed by atoms with E-state index in [-0.39, 0.29) is 36.9 Å². The molecule has 2 heterocycles. The number of thiophene rings is 1. The Morgan fingerprint density at radius 2 is 1.97 bits per heavy atom. The first kappa shape index (κ1) is 26.4. The first-order chi connectivity index (χ1) is 16.5. The van der Waals surface area contributed by atoms with Gasteiger partial charge in [0.1, 0.15) is 12.6 Å². The fourth-order valence-electron chi connectivity index (χ4n) is 3.23. The Bertz CT molecular complexity index is 1140. The number of amides is 4. The van der Waals surface area contributed by atoms with E-state index in [0.717, 1.165) is 35.3 Å². The van der Waals surface area contributed by atoms with E-state index >= 15 is 0 Å². The molecule has 1 fully saturated rings. The summed E-state index contributed by atoms with van der Waals surface area (Å²) in [4.78, 5) is 50.0. The molecule has 4 amide bonds. The van der Waals surface area contributed by atoms with Crippen molar-refractivity contribution in [1.82, 2.24) is 10.6 Å². The fraction of sp³-hybridized carbons (Fsp3) is 0.333. The van der Waals surface area contributed by atoms with Gasteiger partial charge in [0.2, 0.25) is 11.8 Å². The molecule has 0 radical (unpaired) electrons. The summed E-state index contributed by atoms with van der Waals surface area (Å²) in [7, 11) is 0. The molecule has 35 heavy (non-hydrogen) atoms. The summed E-state index contributed by atoms with van der Waals surface area (Å²) in [6.07, 6.45) is -4.86. The summed E-state index contributed by atoms with van der Waals surface area (Å²) < 4.78 is 46.7. The van der Waals surface area contributed by atoms with E-state index in [9.17, 15) is 32.3 Å². The summed E-state index contributed by atoms with van der Waals surface area (Å²) in [6, 6.07) is 4.65. The second-order valence-corrected chi connectivity index (χ2v) is 9.10. The number of nitrogens with zero attached hydrogens (tertiary/aromatic N) is 1. The van der Waals surface area contributed by atoms with Crippen molar-refractivity contribution >= 4 is 57.9 Å². The zero-order valence-corrected chi connectivity index (χ0v) is 19.8. The van der Waals surface area contributed by atoms with Crippen molar-refractivity contribution in [3.05, 3.63) is 45.1 Å². The molecule has 3 N–H and O–H groups in total. The molecule has 1 aromatic carbocycles. The number of carbonyl (C=O) groups is 4. The van der Waals surface area contributed by atoms with Crippen LogP contribution in [0, 0.1) is 0 Å². The van der Waals surface area contributed by atoms with E-state index in [2.05, 4.69) is 16.0 Å². The quantitative estimate of drug-likeness (QED) is 0.507. The molecule has 1 aliphatic heterocycles. The lowest BCUT2D eigenvalue weighted by atomic mass is 10.1. The average molecular weight is 533 g/mol. The summed E-state index contributed by atoms with van der Waals surface area (Å²) >= 11 is 6.79. The minimum absolute atomic E-state index is 0.00362. The van der Waals surface area contributed by atoms with E-state index in [0.29, 0.717) is 4.34 Å². The van der Waals surface area contributed by atoms with Gasteiger partial charge in [0, 0.05) is 25.7 Å². The number of morpholine rings is 1. The molecular formula is C21H20ClF3N4O5S. The highest BCUT2D eigenvalue weighted by Gasteiger charge is 2.36. The van der Waals surface area contributed by atoms with Gasteiger partial charge in [-0.3, -0.25) is 19.2 Å². The predicted octanol–water partition coefficient (Wildman–Crippen LogP) is 2.66. The Kier molecular flexibility index (Phi) is 8.35. The minimum Gasteiger partial charge on any atom is -0.370 e. The van der Waals surface area contributed by atoms with Crippen LogP contribution in [0.2, 0.25) is 4.34 Å². The van der Waals surface area contributed by atoms with Gasteiger partial charge in [0.15, 0.2) is 0 Å². The Hall–Kier alpha value is -3.16. The minimum atomic E-state index is -4.86. The molecule has 1 aliphatic rings. The maximum absolute atomic E-state index is 13.8. The van der Waals surface area contributed by atoms with Crippen LogP contribution in [0.3, 0.4) is 0 Å². The van der Waals surface area contributed by atoms with Gasteiger partial charge in [-0.15, -0.1) is 11.3 Å². The smallest absolute Gasteiger partial charge is 0.370 e. The first-order valence-corrected chi connectivity index (χ1v) is 11.4. The highest BCUT2D eigenvalue weighted by molar-refractivity contribution is 7.18. The molecule has 188 valence electrons. The number of benzene rings is 1. The molecule has 0 aliphatic carbocycles. The van der Waals surface area contributed by atoms with Crippen LogP contribution in [-0.4, -0.2) is 56.0 Å². The van der Waals surface area contributed by atoms with Crippen molar-refractivity contribution in [3.8, 4) is 0 Å². The SMILES string of the molecule is CC(=O)N[C@H](CNC(=O)c1ccc(Cl)s1)C(=O)Nc1ccc(N2CCOCC2=O)cc1C(F)(F)F. The molecule has 0 unspecified atom stereocenters. The van der Waals surface area contributed by atoms with Crippen LogP contribution in [-0.2, 0) is 25.3 Å². The third-order valence-corrected chi connectivity index (χ3v) is 6.05. The van der Waals surface area contributed by atoms with E-state index < -0.39 is 47.1 Å². The van der Waals surface area contributed by atoms with Crippen LogP contribution in [0.1, 0.15) is 22.2 Å². The number of anilines is 2. The molecule has 9 nitrogen and oxygen atoms in total. The lowest BCUT2D eigenvalue weighted by molar-refractivity contribution is -0.137. The van der Waals surface area contributed by atoms with Crippen molar-refractivity contribution in [2.45, 2.75) is 19.1 Å². The Labute approximate surface area is 206 Å². The van der Waals surface area contributed by atoms with Crippen LogP contribution in [0.15, 0.2) is 30.3 Å². The Morgan fingerprint density at radius 1 is 1.23 bits per heavy atom. The molecular weight excluding hydrogens is 513 g/mol. The highest BCUT2D eigenvalue weighted by Crippen LogP contribution is 2.37. The molecule has 14 heteroatoms. The van der Waals surface area contributed by atoms with Crippen molar-refractivity contribution in [2.75, 3.05) is 36.5 Å². The van der Waals surface area contributed by atoms with E-state index in [1.165, 1.54) is 18.2 Å². The molecule has 0 spiro atoms. The maximum atomic E-state index is 13.8. The van der Waals surface area contributed by atoms with Crippen molar-refractivity contribution in [2.24, 2.45) is 0 Å². The molecule has 1 atom stereocenters. The normalized spacial score (nSPS) is 14.9. The molecule has 1 aromatic heterocycles. The zero-order valence-electron chi connectivity index (χ0n) is 18.2. The molecule has 0 saturated carbocycles. The van der Waals surface area contributed by atoms with Crippen molar-refractivity contribution < 1.29 is 37.1 Å². The van der Waals surface area contributed by atoms with Gasteiger partial charge in [-0.1, -0.05) is 11.6 Å². The van der Waals surface area contributed by atoms with Gasteiger partial charge < -0.3 is 25.6 Å². The van der Waals surface area contributed by atoms with E-state index in [4.69, 9.17) is 16.3 Å². The number of ether oxygens (including phenoxy) is 1. The van der Waals surface area contributed by atoms with Gasteiger partial charge in [-0.25, -0.2) is 0 Å². The number of halogens is 4. The lowest BCUT2D eigenvalue weighted by Crippen LogP contribution is -2.50. The van der Waals surface area contributed by atoms with Crippen LogP contribution in [0.25, 0.3) is 0 Å². The second-order valence-electron chi connectivity index (χ2n) is 7.38. The van der Waals surface area contributed by atoms with Crippen LogP contribution < -0.4 is 20.9 Å². The van der Waals surface area contributed by atoms with Gasteiger partial charge in [0.25, 0.3) is 11.8 Å².